The summed E-state index contributed by atoms with van der Waals surface area (Å²) in [6.07, 6.45) is 2.70. The smallest absolute Gasteiger partial charge is 0.115 e. The highest BCUT2D eigenvalue weighted by atomic mass is 16.3. The van der Waals surface area contributed by atoms with Gasteiger partial charge in [-0.3, -0.25) is 0 Å². The van der Waals surface area contributed by atoms with E-state index in [4.69, 9.17) is 9.90 Å². The zero-order chi connectivity index (χ0) is 9.40. The van der Waals surface area contributed by atoms with E-state index < -0.39 is 0 Å². The molecule has 1 aromatic carbocycles. The van der Waals surface area contributed by atoms with Gasteiger partial charge in [-0.15, -0.1) is 6.58 Å². The summed E-state index contributed by atoms with van der Waals surface area (Å²) >= 11 is 0. The summed E-state index contributed by atoms with van der Waals surface area (Å²) in [5.74, 6) is 0.313. The van der Waals surface area contributed by atoms with Gasteiger partial charge in [0.2, 0.25) is 0 Å². The van der Waals surface area contributed by atoms with Gasteiger partial charge in [-0.25, -0.2) is 0 Å². The van der Waals surface area contributed by atoms with Gasteiger partial charge in [0, 0.05) is 0 Å². The standard InChI is InChI=1S/C9H10O.CH2O/c1-2-3-8-4-6-9(10)7-5-8;1-2/h2,4-7,10H,1,3H2;1H2. The number of allylic oxidation sites excluding steroid dienone is 1. The fourth-order valence-corrected chi connectivity index (χ4v) is 0.799. The minimum atomic E-state index is 0.313. The van der Waals surface area contributed by atoms with Crippen molar-refractivity contribution in [1.29, 1.82) is 0 Å². The molecule has 2 nitrogen and oxygen atoms in total. The Balaban J connectivity index is 0.000000561. The maximum atomic E-state index is 8.90. The van der Waals surface area contributed by atoms with Gasteiger partial charge in [0.15, 0.2) is 0 Å². The van der Waals surface area contributed by atoms with Gasteiger partial charge in [0.05, 0.1) is 0 Å². The molecule has 12 heavy (non-hydrogen) atoms. The van der Waals surface area contributed by atoms with Crippen LogP contribution in [0.3, 0.4) is 0 Å². The minimum absolute atomic E-state index is 0.313. The third-order valence-corrected chi connectivity index (χ3v) is 1.32. The van der Waals surface area contributed by atoms with Crippen LogP contribution >= 0.6 is 0 Å². The van der Waals surface area contributed by atoms with Gasteiger partial charge in [0.25, 0.3) is 0 Å². The Bertz CT molecular complexity index is 226. The van der Waals surface area contributed by atoms with Crippen LogP contribution in [-0.2, 0) is 11.2 Å². The van der Waals surface area contributed by atoms with Crippen LogP contribution in [0.4, 0.5) is 0 Å². The molecule has 0 spiro atoms. The Hall–Kier alpha value is -1.57. The molecule has 0 amide bonds. The summed E-state index contributed by atoms with van der Waals surface area (Å²) in [5, 5.41) is 8.90. The zero-order valence-corrected chi connectivity index (χ0v) is 6.86. The molecule has 0 aliphatic heterocycles. The van der Waals surface area contributed by atoms with Crippen molar-refractivity contribution in [3.05, 3.63) is 42.5 Å². The van der Waals surface area contributed by atoms with E-state index in [1.165, 1.54) is 5.56 Å². The van der Waals surface area contributed by atoms with Gasteiger partial charge in [-0.05, 0) is 24.1 Å². The molecule has 0 unspecified atom stereocenters. The third kappa shape index (κ3) is 3.56. The van der Waals surface area contributed by atoms with Crippen LogP contribution in [0.15, 0.2) is 36.9 Å². The van der Waals surface area contributed by atoms with E-state index in [0.29, 0.717) is 5.75 Å². The summed E-state index contributed by atoms with van der Waals surface area (Å²) in [5.41, 5.74) is 1.17. The maximum absolute atomic E-state index is 8.90. The van der Waals surface area contributed by atoms with Crippen molar-refractivity contribution in [2.75, 3.05) is 0 Å². The van der Waals surface area contributed by atoms with E-state index in [1.807, 2.05) is 25.0 Å². The first-order valence-electron chi connectivity index (χ1n) is 3.50. The summed E-state index contributed by atoms with van der Waals surface area (Å²) in [4.78, 5) is 8.00. The lowest BCUT2D eigenvalue weighted by Gasteiger charge is -1.94. The van der Waals surface area contributed by atoms with Crippen LogP contribution in [0.1, 0.15) is 5.56 Å². The Morgan fingerprint density at radius 3 is 2.17 bits per heavy atom. The largest absolute Gasteiger partial charge is 0.508 e. The Morgan fingerprint density at radius 2 is 1.75 bits per heavy atom. The van der Waals surface area contributed by atoms with Crippen molar-refractivity contribution < 1.29 is 9.90 Å². The number of aromatic hydroxyl groups is 1. The number of phenols is 1. The molecule has 0 saturated heterocycles. The second-order valence-electron chi connectivity index (χ2n) is 2.16. The Morgan fingerprint density at radius 1 is 1.25 bits per heavy atom. The number of benzene rings is 1. The quantitative estimate of drug-likeness (QED) is 0.678. The van der Waals surface area contributed by atoms with Crippen LogP contribution in [0.2, 0.25) is 0 Å². The fraction of sp³-hybridized carbons (Fsp3) is 0.100. The topological polar surface area (TPSA) is 37.3 Å². The maximum Gasteiger partial charge on any atom is 0.115 e. The molecule has 64 valence electrons. The van der Waals surface area contributed by atoms with E-state index in [1.54, 1.807) is 12.1 Å². The predicted molar refractivity (Wildman–Crippen MR) is 49.1 cm³/mol. The molecule has 0 heterocycles. The first-order chi connectivity index (χ1) is 5.83. The third-order valence-electron chi connectivity index (χ3n) is 1.32. The van der Waals surface area contributed by atoms with E-state index >= 15 is 0 Å². The van der Waals surface area contributed by atoms with E-state index in [0.717, 1.165) is 6.42 Å². The predicted octanol–water partition coefficient (Wildman–Crippen LogP) is 1.94. The molecule has 0 aliphatic rings. The molecule has 0 radical (unpaired) electrons. The van der Waals surface area contributed by atoms with Crippen molar-refractivity contribution in [3.8, 4) is 5.75 Å². The van der Waals surface area contributed by atoms with Gasteiger partial charge in [0.1, 0.15) is 12.5 Å². The van der Waals surface area contributed by atoms with E-state index in [-0.39, 0.29) is 0 Å². The lowest BCUT2D eigenvalue weighted by Crippen LogP contribution is -1.77. The number of rotatable bonds is 2. The lowest BCUT2D eigenvalue weighted by atomic mass is 10.1. The van der Waals surface area contributed by atoms with E-state index in [9.17, 15) is 0 Å². The first-order valence-corrected chi connectivity index (χ1v) is 3.50. The van der Waals surface area contributed by atoms with Gasteiger partial charge >= 0.3 is 0 Å². The van der Waals surface area contributed by atoms with Gasteiger partial charge < -0.3 is 9.90 Å². The van der Waals surface area contributed by atoms with Gasteiger partial charge in [-0.2, -0.15) is 0 Å². The Labute approximate surface area is 72.2 Å². The van der Waals surface area contributed by atoms with Crippen LogP contribution < -0.4 is 0 Å². The molecule has 0 atom stereocenters. The second kappa shape index (κ2) is 6.16. The summed E-state index contributed by atoms with van der Waals surface area (Å²) in [6, 6.07) is 7.13. The summed E-state index contributed by atoms with van der Waals surface area (Å²) in [7, 11) is 0. The molecule has 0 fully saturated rings. The van der Waals surface area contributed by atoms with Gasteiger partial charge in [-0.1, -0.05) is 18.2 Å². The normalized spacial score (nSPS) is 8.00. The molecule has 0 bridgehead atoms. The highest BCUT2D eigenvalue weighted by molar-refractivity contribution is 5.26. The molecule has 2 heteroatoms. The molecule has 1 aromatic rings. The molecule has 1 N–H and O–H groups in total. The number of hydrogen-bond donors (Lipinski definition) is 1. The van der Waals surface area contributed by atoms with Crippen LogP contribution in [0.25, 0.3) is 0 Å². The summed E-state index contributed by atoms with van der Waals surface area (Å²) < 4.78 is 0. The van der Waals surface area contributed by atoms with Crippen LogP contribution in [0, 0.1) is 0 Å². The molecule has 0 aromatic heterocycles. The van der Waals surface area contributed by atoms with Crippen molar-refractivity contribution in [1.82, 2.24) is 0 Å². The monoisotopic (exact) mass is 164 g/mol. The lowest BCUT2D eigenvalue weighted by molar-refractivity contribution is -0.0979. The molecule has 0 saturated carbocycles. The zero-order valence-electron chi connectivity index (χ0n) is 6.86. The van der Waals surface area contributed by atoms with Crippen LogP contribution in [-0.4, -0.2) is 11.9 Å². The number of carbonyl (C=O) groups is 1. The average molecular weight is 164 g/mol. The molecule has 0 aliphatic carbocycles. The molecular weight excluding hydrogens is 152 g/mol. The van der Waals surface area contributed by atoms with Crippen molar-refractivity contribution in [3.63, 3.8) is 0 Å². The van der Waals surface area contributed by atoms with E-state index in [2.05, 4.69) is 6.58 Å². The van der Waals surface area contributed by atoms with Crippen LogP contribution in [0.5, 0.6) is 5.75 Å². The highest BCUT2D eigenvalue weighted by Crippen LogP contribution is 2.09. The SMILES string of the molecule is C=CCc1ccc(O)cc1.C=O. The summed E-state index contributed by atoms with van der Waals surface area (Å²) in [6.45, 7) is 5.62. The second-order valence-corrected chi connectivity index (χ2v) is 2.16. The average Bonchev–Trinajstić information content (AvgIpc) is 2.13. The number of carbonyl (C=O) groups excluding carboxylic acids is 1. The van der Waals surface area contributed by atoms with Crippen molar-refractivity contribution in [2.45, 2.75) is 6.42 Å². The fourth-order valence-electron chi connectivity index (χ4n) is 0.799. The molecular formula is C10H12O2. The molecule has 1 rings (SSSR count). The first kappa shape index (κ1) is 10.4. The van der Waals surface area contributed by atoms with Crippen molar-refractivity contribution in [2.24, 2.45) is 0 Å². The highest BCUT2D eigenvalue weighted by Gasteiger charge is 1.87. The number of phenolic OH excluding ortho intramolecular Hbond substituents is 1. The minimum Gasteiger partial charge on any atom is -0.508 e. The number of hydrogen-bond acceptors (Lipinski definition) is 2. The Kier molecular flexibility index (Phi) is 5.35. The van der Waals surface area contributed by atoms with Crippen molar-refractivity contribution >= 4 is 6.79 Å².